The maximum atomic E-state index is 10.9. The molecule has 0 aliphatic carbocycles. The fourth-order valence-corrected chi connectivity index (χ4v) is 4.49. The number of nitrogens with zero attached hydrogens (tertiary/aromatic N) is 1. The molecule has 0 bridgehead atoms. The molecule has 0 aromatic rings. The van der Waals surface area contributed by atoms with E-state index in [0.717, 1.165) is 0 Å². The summed E-state index contributed by atoms with van der Waals surface area (Å²) in [7, 11) is -1.18. The van der Waals surface area contributed by atoms with Gasteiger partial charge in [-0.3, -0.25) is 9.59 Å². The third kappa shape index (κ3) is 11.0. The van der Waals surface area contributed by atoms with Gasteiger partial charge in [-0.1, -0.05) is 23.5 Å². The van der Waals surface area contributed by atoms with Crippen LogP contribution in [0, 0.1) is 0 Å². The van der Waals surface area contributed by atoms with Crippen molar-refractivity contribution in [2.75, 3.05) is 24.7 Å². The average Bonchev–Trinajstić information content (AvgIpc) is 2.37. The standard InChI is InChI=1S/C14H28NO4PS2/c1-11(2)15(12(3)4)20(18-7-9-21-13(5)16)19-8-10-22-14(6)17/h11-12H,7-10H2,1-6H3. The summed E-state index contributed by atoms with van der Waals surface area (Å²) >= 11 is 2.52. The van der Waals surface area contributed by atoms with Gasteiger partial charge in [0.2, 0.25) is 0 Å². The Morgan fingerprint density at radius 1 is 0.909 bits per heavy atom. The van der Waals surface area contributed by atoms with E-state index in [-0.39, 0.29) is 10.2 Å². The lowest BCUT2D eigenvalue weighted by Crippen LogP contribution is -2.34. The van der Waals surface area contributed by atoms with E-state index in [4.69, 9.17) is 9.05 Å². The molecular weight excluding hydrogens is 341 g/mol. The van der Waals surface area contributed by atoms with E-state index in [2.05, 4.69) is 32.4 Å². The van der Waals surface area contributed by atoms with E-state index in [0.29, 0.717) is 36.8 Å². The smallest absolute Gasteiger partial charge is 0.259 e. The molecule has 0 radical (unpaired) electrons. The molecule has 0 aromatic heterocycles. The molecule has 0 aliphatic rings. The van der Waals surface area contributed by atoms with Crippen molar-refractivity contribution in [1.29, 1.82) is 0 Å². The maximum Gasteiger partial charge on any atom is 0.259 e. The van der Waals surface area contributed by atoms with Gasteiger partial charge < -0.3 is 9.05 Å². The molecule has 0 rings (SSSR count). The second-order valence-corrected chi connectivity index (χ2v) is 9.15. The van der Waals surface area contributed by atoms with Crippen LogP contribution in [0.3, 0.4) is 0 Å². The van der Waals surface area contributed by atoms with Crippen molar-refractivity contribution in [3.63, 3.8) is 0 Å². The highest BCUT2D eigenvalue weighted by Gasteiger charge is 2.27. The third-order valence-electron chi connectivity index (χ3n) is 2.43. The van der Waals surface area contributed by atoms with Crippen molar-refractivity contribution in [3.05, 3.63) is 0 Å². The van der Waals surface area contributed by atoms with Crippen molar-refractivity contribution in [1.82, 2.24) is 4.67 Å². The third-order valence-corrected chi connectivity index (χ3v) is 6.09. The normalized spacial score (nSPS) is 11.9. The molecule has 0 unspecified atom stereocenters. The lowest BCUT2D eigenvalue weighted by Gasteiger charge is -2.35. The van der Waals surface area contributed by atoms with Crippen LogP contribution in [0.2, 0.25) is 0 Å². The summed E-state index contributed by atoms with van der Waals surface area (Å²) in [5, 5.41) is 0.188. The minimum Gasteiger partial charge on any atom is -0.321 e. The van der Waals surface area contributed by atoms with Crippen molar-refractivity contribution < 1.29 is 18.6 Å². The predicted molar refractivity (Wildman–Crippen MR) is 97.2 cm³/mol. The summed E-state index contributed by atoms with van der Waals surface area (Å²) < 4.78 is 14.0. The summed E-state index contributed by atoms with van der Waals surface area (Å²) in [6.07, 6.45) is 0. The molecule has 0 amide bonds. The Morgan fingerprint density at radius 2 is 1.27 bits per heavy atom. The Kier molecular flexibility index (Phi) is 12.9. The molecule has 0 aromatic carbocycles. The fourth-order valence-electron chi connectivity index (χ4n) is 1.75. The number of hydrogen-bond acceptors (Lipinski definition) is 7. The molecule has 0 atom stereocenters. The molecule has 0 fully saturated rings. The molecule has 0 saturated heterocycles. The first kappa shape index (κ1) is 22.4. The Bertz CT molecular complexity index is 313. The Hall–Kier alpha value is 0.350. The van der Waals surface area contributed by atoms with E-state index in [1.54, 1.807) is 13.8 Å². The van der Waals surface area contributed by atoms with E-state index in [9.17, 15) is 9.59 Å². The molecule has 0 spiro atoms. The number of carbonyl (C=O) groups is 2. The van der Waals surface area contributed by atoms with Gasteiger partial charge in [-0.05, 0) is 27.7 Å². The van der Waals surface area contributed by atoms with E-state index < -0.39 is 8.53 Å². The van der Waals surface area contributed by atoms with Gasteiger partial charge in [0.05, 0.1) is 13.2 Å². The molecular formula is C14H28NO4PS2. The van der Waals surface area contributed by atoms with Crippen LogP contribution in [0.15, 0.2) is 0 Å². The van der Waals surface area contributed by atoms with Crippen LogP contribution in [0.25, 0.3) is 0 Å². The quantitative estimate of drug-likeness (QED) is 0.404. The first-order valence-corrected chi connectivity index (χ1v) is 10.5. The van der Waals surface area contributed by atoms with Crippen molar-refractivity contribution in [3.8, 4) is 0 Å². The van der Waals surface area contributed by atoms with Gasteiger partial charge in [0, 0.05) is 37.4 Å². The highest BCUT2D eigenvalue weighted by molar-refractivity contribution is 8.13. The summed E-state index contributed by atoms with van der Waals surface area (Å²) in [5.41, 5.74) is 0. The highest BCUT2D eigenvalue weighted by Crippen LogP contribution is 2.45. The lowest BCUT2D eigenvalue weighted by molar-refractivity contribution is -0.109. The van der Waals surface area contributed by atoms with Gasteiger partial charge in [0.1, 0.15) is 0 Å². The second-order valence-electron chi connectivity index (χ2n) is 5.15. The van der Waals surface area contributed by atoms with Gasteiger partial charge in [0.25, 0.3) is 8.53 Å². The zero-order valence-electron chi connectivity index (χ0n) is 14.3. The second kappa shape index (κ2) is 12.7. The van der Waals surface area contributed by atoms with Gasteiger partial charge in [-0.15, -0.1) is 0 Å². The van der Waals surface area contributed by atoms with Crippen molar-refractivity contribution >= 4 is 42.3 Å². The summed E-state index contributed by atoms with van der Waals surface area (Å²) in [6, 6.07) is 0.596. The average molecular weight is 369 g/mol. The lowest BCUT2D eigenvalue weighted by atomic mass is 10.3. The van der Waals surface area contributed by atoms with Crippen LogP contribution in [0.1, 0.15) is 41.5 Å². The minimum absolute atomic E-state index is 0.0938. The fraction of sp³-hybridized carbons (Fsp3) is 0.857. The maximum absolute atomic E-state index is 10.9. The molecule has 0 saturated carbocycles. The van der Waals surface area contributed by atoms with E-state index in [1.807, 2.05) is 0 Å². The van der Waals surface area contributed by atoms with Gasteiger partial charge in [-0.2, -0.15) is 0 Å². The first-order chi connectivity index (χ1) is 10.3. The summed E-state index contributed by atoms with van der Waals surface area (Å²) in [6.45, 7) is 12.5. The van der Waals surface area contributed by atoms with Crippen LogP contribution in [-0.2, 0) is 18.6 Å². The highest BCUT2D eigenvalue weighted by atomic mass is 32.2. The van der Waals surface area contributed by atoms with Gasteiger partial charge in [0.15, 0.2) is 10.2 Å². The van der Waals surface area contributed by atoms with E-state index >= 15 is 0 Å². The molecule has 0 heterocycles. The molecule has 22 heavy (non-hydrogen) atoms. The van der Waals surface area contributed by atoms with Gasteiger partial charge >= 0.3 is 0 Å². The van der Waals surface area contributed by atoms with Crippen LogP contribution in [0.4, 0.5) is 0 Å². The van der Waals surface area contributed by atoms with Gasteiger partial charge in [-0.25, -0.2) is 4.67 Å². The Morgan fingerprint density at radius 3 is 1.55 bits per heavy atom. The molecule has 0 aliphatic heterocycles. The minimum atomic E-state index is -1.18. The van der Waals surface area contributed by atoms with Crippen LogP contribution in [-0.4, -0.2) is 51.7 Å². The van der Waals surface area contributed by atoms with Crippen LogP contribution < -0.4 is 0 Å². The zero-order valence-corrected chi connectivity index (χ0v) is 16.9. The number of rotatable bonds is 11. The molecule has 5 nitrogen and oxygen atoms in total. The van der Waals surface area contributed by atoms with Crippen LogP contribution in [0.5, 0.6) is 0 Å². The monoisotopic (exact) mass is 369 g/mol. The largest absolute Gasteiger partial charge is 0.321 e. The van der Waals surface area contributed by atoms with E-state index in [1.165, 1.54) is 23.5 Å². The molecule has 8 heteroatoms. The van der Waals surface area contributed by atoms with Crippen LogP contribution >= 0.6 is 32.0 Å². The number of thioether (sulfide) groups is 2. The van der Waals surface area contributed by atoms with Crippen molar-refractivity contribution in [2.45, 2.75) is 53.6 Å². The predicted octanol–water partition coefficient (Wildman–Crippen LogP) is 3.92. The zero-order chi connectivity index (χ0) is 17.1. The number of carbonyl (C=O) groups excluding carboxylic acids is 2. The first-order valence-electron chi connectivity index (χ1n) is 7.36. The Balaban J connectivity index is 4.46. The molecule has 130 valence electrons. The SMILES string of the molecule is CC(=O)SCCOP(OCCSC(C)=O)N(C(C)C)C(C)C. The van der Waals surface area contributed by atoms with Crippen molar-refractivity contribution in [2.24, 2.45) is 0 Å². The number of hydrogen-bond donors (Lipinski definition) is 0. The summed E-state index contributed by atoms with van der Waals surface area (Å²) in [4.78, 5) is 21.9. The summed E-state index contributed by atoms with van der Waals surface area (Å²) in [5.74, 6) is 1.26. The Labute approximate surface area is 144 Å². The topological polar surface area (TPSA) is 55.8 Å². The molecule has 0 N–H and O–H groups in total.